The molecule has 0 aliphatic rings. The molecule has 2 aromatic heterocycles. The molecule has 0 bridgehead atoms. The Bertz CT molecular complexity index is 383. The minimum absolute atomic E-state index is 0.488. The Hall–Kier alpha value is -0.910. The highest BCUT2D eigenvalue weighted by Gasteiger charge is 1.99. The Morgan fingerprint density at radius 2 is 2.29 bits per heavy atom. The van der Waals surface area contributed by atoms with E-state index in [1.54, 1.807) is 29.3 Å². The van der Waals surface area contributed by atoms with Crippen LogP contribution in [0.2, 0.25) is 0 Å². The zero-order valence-electron chi connectivity index (χ0n) is 7.38. The number of pyridine rings is 1. The Morgan fingerprint density at radius 3 is 2.86 bits per heavy atom. The standard InChI is InChI=1S/C9H9N3S2/c10-5-7-1-2-8(6-12-7)14-9-11-3-4-13-9/h1-4,6H,5,10H2. The van der Waals surface area contributed by atoms with Crippen LogP contribution in [0.4, 0.5) is 0 Å². The highest BCUT2D eigenvalue weighted by molar-refractivity contribution is 8.01. The largest absolute Gasteiger partial charge is 0.325 e. The second-order valence-corrected chi connectivity index (χ2v) is 4.80. The molecule has 0 saturated heterocycles. The average molecular weight is 223 g/mol. The lowest BCUT2D eigenvalue weighted by Gasteiger charge is -1.98. The van der Waals surface area contributed by atoms with Crippen LogP contribution in [-0.4, -0.2) is 9.97 Å². The Morgan fingerprint density at radius 1 is 1.36 bits per heavy atom. The molecule has 3 nitrogen and oxygen atoms in total. The van der Waals surface area contributed by atoms with Crippen LogP contribution < -0.4 is 5.73 Å². The molecule has 0 fully saturated rings. The van der Waals surface area contributed by atoms with Crippen LogP contribution in [0.1, 0.15) is 5.69 Å². The fourth-order valence-electron chi connectivity index (χ4n) is 0.954. The van der Waals surface area contributed by atoms with Gasteiger partial charge in [-0.25, -0.2) is 4.98 Å². The van der Waals surface area contributed by atoms with Crippen molar-refractivity contribution in [1.82, 2.24) is 9.97 Å². The minimum atomic E-state index is 0.488. The fourth-order valence-corrected chi connectivity index (χ4v) is 2.52. The van der Waals surface area contributed by atoms with Crippen LogP contribution in [0.5, 0.6) is 0 Å². The highest BCUT2D eigenvalue weighted by Crippen LogP contribution is 2.28. The van der Waals surface area contributed by atoms with Gasteiger partial charge in [-0.05, 0) is 12.1 Å². The number of hydrogen-bond acceptors (Lipinski definition) is 5. The second-order valence-electron chi connectivity index (χ2n) is 2.59. The molecule has 5 heteroatoms. The molecule has 2 rings (SSSR count). The van der Waals surface area contributed by atoms with Gasteiger partial charge in [-0.2, -0.15) is 0 Å². The van der Waals surface area contributed by atoms with Gasteiger partial charge in [-0.3, -0.25) is 4.98 Å². The smallest absolute Gasteiger partial charge is 0.154 e. The van der Waals surface area contributed by atoms with Gasteiger partial charge in [0.15, 0.2) is 4.34 Å². The highest BCUT2D eigenvalue weighted by atomic mass is 32.2. The molecule has 2 N–H and O–H groups in total. The summed E-state index contributed by atoms with van der Waals surface area (Å²) in [7, 11) is 0. The molecule has 0 aliphatic carbocycles. The molecule has 2 heterocycles. The molecular formula is C9H9N3S2. The van der Waals surface area contributed by atoms with Crippen LogP contribution in [0.3, 0.4) is 0 Å². The molecule has 72 valence electrons. The first kappa shape index (κ1) is 9.64. The summed E-state index contributed by atoms with van der Waals surface area (Å²) in [5, 5.41) is 1.96. The Kier molecular flexibility index (Phi) is 3.13. The number of rotatable bonds is 3. The van der Waals surface area contributed by atoms with E-state index in [1.807, 2.05) is 23.7 Å². The van der Waals surface area contributed by atoms with E-state index >= 15 is 0 Å². The quantitative estimate of drug-likeness (QED) is 0.866. The third kappa shape index (κ3) is 2.31. The van der Waals surface area contributed by atoms with Crippen molar-refractivity contribution in [1.29, 1.82) is 0 Å². The van der Waals surface area contributed by atoms with E-state index in [2.05, 4.69) is 9.97 Å². The van der Waals surface area contributed by atoms with Gasteiger partial charge in [0.05, 0.1) is 5.69 Å². The first-order valence-electron chi connectivity index (χ1n) is 4.11. The predicted molar refractivity (Wildman–Crippen MR) is 58.4 cm³/mol. The molecule has 0 unspecified atom stereocenters. The maximum Gasteiger partial charge on any atom is 0.154 e. The summed E-state index contributed by atoms with van der Waals surface area (Å²) in [6.45, 7) is 0.488. The van der Waals surface area contributed by atoms with E-state index in [0.717, 1.165) is 14.9 Å². The minimum Gasteiger partial charge on any atom is -0.325 e. The molecular weight excluding hydrogens is 214 g/mol. The van der Waals surface area contributed by atoms with Crippen LogP contribution in [0.15, 0.2) is 39.1 Å². The van der Waals surface area contributed by atoms with Gasteiger partial charge in [0.2, 0.25) is 0 Å². The van der Waals surface area contributed by atoms with Gasteiger partial charge in [-0.1, -0.05) is 11.8 Å². The van der Waals surface area contributed by atoms with Crippen LogP contribution in [-0.2, 0) is 6.54 Å². The van der Waals surface area contributed by atoms with Gasteiger partial charge < -0.3 is 5.73 Å². The van der Waals surface area contributed by atoms with E-state index in [1.165, 1.54) is 0 Å². The third-order valence-electron chi connectivity index (χ3n) is 1.62. The Balaban J connectivity index is 2.10. The number of thiazole rings is 1. The van der Waals surface area contributed by atoms with E-state index in [-0.39, 0.29) is 0 Å². The van der Waals surface area contributed by atoms with E-state index in [9.17, 15) is 0 Å². The van der Waals surface area contributed by atoms with Gasteiger partial charge in [-0.15, -0.1) is 11.3 Å². The van der Waals surface area contributed by atoms with Crippen molar-refractivity contribution in [2.45, 2.75) is 15.8 Å². The SMILES string of the molecule is NCc1ccc(Sc2nccs2)cn1. The summed E-state index contributed by atoms with van der Waals surface area (Å²) in [4.78, 5) is 9.49. The molecule has 0 saturated carbocycles. The lowest BCUT2D eigenvalue weighted by atomic mass is 10.4. The van der Waals surface area contributed by atoms with Crippen LogP contribution in [0.25, 0.3) is 0 Å². The van der Waals surface area contributed by atoms with Gasteiger partial charge in [0.25, 0.3) is 0 Å². The summed E-state index contributed by atoms with van der Waals surface area (Å²) in [6.07, 6.45) is 3.63. The normalized spacial score (nSPS) is 10.4. The zero-order chi connectivity index (χ0) is 9.80. The van der Waals surface area contributed by atoms with Crippen molar-refractivity contribution in [2.24, 2.45) is 5.73 Å². The fraction of sp³-hybridized carbons (Fsp3) is 0.111. The Labute approximate surface area is 90.4 Å². The van der Waals surface area contributed by atoms with Crippen molar-refractivity contribution >= 4 is 23.1 Å². The monoisotopic (exact) mass is 223 g/mol. The first-order valence-corrected chi connectivity index (χ1v) is 5.80. The average Bonchev–Trinajstić information content (AvgIpc) is 2.72. The number of nitrogens with two attached hydrogens (primary N) is 1. The van der Waals surface area contributed by atoms with Crippen LogP contribution in [0, 0.1) is 0 Å². The lowest BCUT2D eigenvalue weighted by Crippen LogP contribution is -1.98. The third-order valence-corrected chi connectivity index (χ3v) is 3.48. The summed E-state index contributed by atoms with van der Waals surface area (Å²) in [6, 6.07) is 3.96. The summed E-state index contributed by atoms with van der Waals surface area (Å²) >= 11 is 3.24. The topological polar surface area (TPSA) is 51.8 Å². The second kappa shape index (κ2) is 4.54. The van der Waals surface area contributed by atoms with Gasteiger partial charge in [0.1, 0.15) is 0 Å². The van der Waals surface area contributed by atoms with Crippen molar-refractivity contribution in [3.8, 4) is 0 Å². The number of aromatic nitrogens is 2. The summed E-state index contributed by atoms with van der Waals surface area (Å²) < 4.78 is 1.03. The molecule has 0 amide bonds. The van der Waals surface area contributed by atoms with E-state index < -0.39 is 0 Å². The van der Waals surface area contributed by atoms with E-state index in [0.29, 0.717) is 6.54 Å². The van der Waals surface area contributed by atoms with Gasteiger partial charge in [0, 0.05) is 29.2 Å². The molecule has 0 spiro atoms. The van der Waals surface area contributed by atoms with Crippen molar-refractivity contribution in [2.75, 3.05) is 0 Å². The maximum absolute atomic E-state index is 5.46. The number of nitrogens with zero attached hydrogens (tertiary/aromatic N) is 2. The van der Waals surface area contributed by atoms with E-state index in [4.69, 9.17) is 5.73 Å². The van der Waals surface area contributed by atoms with Gasteiger partial charge >= 0.3 is 0 Å². The summed E-state index contributed by atoms with van der Waals surface area (Å²) in [5.74, 6) is 0. The van der Waals surface area contributed by atoms with Crippen LogP contribution >= 0.6 is 23.1 Å². The molecule has 2 aromatic rings. The molecule has 0 atom stereocenters. The van der Waals surface area contributed by atoms with Crippen molar-refractivity contribution < 1.29 is 0 Å². The maximum atomic E-state index is 5.46. The lowest BCUT2D eigenvalue weighted by molar-refractivity contribution is 0.977. The molecule has 0 aliphatic heterocycles. The molecule has 0 radical (unpaired) electrons. The zero-order valence-corrected chi connectivity index (χ0v) is 9.02. The van der Waals surface area contributed by atoms with Crippen molar-refractivity contribution in [3.63, 3.8) is 0 Å². The summed E-state index contributed by atoms with van der Waals surface area (Å²) in [5.41, 5.74) is 6.37. The molecule has 14 heavy (non-hydrogen) atoms. The van der Waals surface area contributed by atoms with Crippen molar-refractivity contribution in [3.05, 3.63) is 35.6 Å². The molecule has 0 aromatic carbocycles. The predicted octanol–water partition coefficient (Wildman–Crippen LogP) is 2.15. The number of hydrogen-bond donors (Lipinski definition) is 1. The first-order chi connectivity index (χ1) is 6.88.